The molecular formula is C15H21N2Yb-. The van der Waals surface area contributed by atoms with Crippen LogP contribution < -0.4 is 0 Å². The zero-order valence-electron chi connectivity index (χ0n) is 11.2. The summed E-state index contributed by atoms with van der Waals surface area (Å²) in [6.07, 6.45) is 3.11. The van der Waals surface area contributed by atoms with Crippen molar-refractivity contribution < 1.29 is 46.9 Å². The van der Waals surface area contributed by atoms with Crippen LogP contribution in [0.1, 0.15) is 32.3 Å². The van der Waals surface area contributed by atoms with Gasteiger partial charge < -0.3 is 4.90 Å². The summed E-state index contributed by atoms with van der Waals surface area (Å²) in [7, 11) is 2.14. The topological polar surface area (TPSA) is 15.6 Å². The molecule has 2 nitrogen and oxygen atoms in total. The second kappa shape index (κ2) is 7.84. The Labute approximate surface area is 149 Å². The van der Waals surface area contributed by atoms with Gasteiger partial charge in [-0.3, -0.25) is 11.5 Å². The van der Waals surface area contributed by atoms with E-state index in [1.54, 1.807) is 0 Å². The number of hydrogen-bond acceptors (Lipinski definition) is 2. The van der Waals surface area contributed by atoms with Crippen LogP contribution in [0.5, 0.6) is 0 Å². The molecule has 0 radical (unpaired) electrons. The van der Waals surface area contributed by atoms with Crippen LogP contribution in [-0.2, 0) is 6.42 Å². The van der Waals surface area contributed by atoms with Crippen LogP contribution in [0.2, 0.25) is 0 Å². The molecule has 3 heteroatoms. The van der Waals surface area contributed by atoms with E-state index in [1.165, 1.54) is 11.3 Å². The van der Waals surface area contributed by atoms with Crippen molar-refractivity contribution in [2.75, 3.05) is 7.05 Å². The first kappa shape index (κ1) is 16.4. The molecule has 0 saturated carbocycles. The maximum Gasteiger partial charge on any atom is 0.0659 e. The SMILES string of the molecule is CCc1ccccc1N=C1C[CH-]N(C)C(C)C1.[Yb]. The van der Waals surface area contributed by atoms with Crippen molar-refractivity contribution in [2.45, 2.75) is 39.2 Å². The van der Waals surface area contributed by atoms with Gasteiger partial charge in [-0.25, -0.2) is 0 Å². The standard InChI is InChI=1S/C15H21N2.Yb/c1-4-13-7-5-6-8-15(13)16-14-9-10-17(3)12(2)11-14;/h5-8,10,12H,4,9,11H2,1-3H3;/q-1;. The maximum absolute atomic E-state index is 4.83. The predicted octanol–water partition coefficient (Wildman–Crippen LogP) is 3.60. The average Bonchev–Trinajstić information content (AvgIpc) is 2.34. The number of hydrogen-bond donors (Lipinski definition) is 0. The van der Waals surface area contributed by atoms with E-state index in [4.69, 9.17) is 4.99 Å². The van der Waals surface area contributed by atoms with Gasteiger partial charge in [0.2, 0.25) is 0 Å². The molecule has 1 aromatic rings. The molecule has 1 aliphatic rings. The fourth-order valence-corrected chi connectivity index (χ4v) is 2.18. The molecule has 0 amide bonds. The van der Waals surface area contributed by atoms with E-state index in [2.05, 4.69) is 56.6 Å². The molecule has 0 bridgehead atoms. The van der Waals surface area contributed by atoms with Gasteiger partial charge in [-0.2, -0.15) is 0 Å². The van der Waals surface area contributed by atoms with Gasteiger partial charge in [0.15, 0.2) is 0 Å². The first-order valence-corrected chi connectivity index (χ1v) is 6.40. The third kappa shape index (κ3) is 4.19. The minimum absolute atomic E-state index is 0. The van der Waals surface area contributed by atoms with E-state index in [1.807, 2.05) is 0 Å². The zero-order valence-corrected chi connectivity index (χ0v) is 13.0. The van der Waals surface area contributed by atoms with Gasteiger partial charge in [-0.1, -0.05) is 32.0 Å². The van der Waals surface area contributed by atoms with Gasteiger partial charge in [0.05, 0.1) is 5.69 Å². The Kier molecular flexibility index (Phi) is 7.15. The van der Waals surface area contributed by atoms with E-state index in [9.17, 15) is 0 Å². The van der Waals surface area contributed by atoms with Gasteiger partial charge in [0, 0.05) is 46.9 Å². The van der Waals surface area contributed by atoms with Crippen LogP contribution in [0, 0.1) is 53.5 Å². The molecular weight excluding hydrogens is 381 g/mol. The second-order valence-electron chi connectivity index (χ2n) is 4.77. The van der Waals surface area contributed by atoms with Crippen molar-refractivity contribution in [1.82, 2.24) is 4.90 Å². The molecule has 1 saturated heterocycles. The molecule has 2 rings (SSSR count). The summed E-state index contributed by atoms with van der Waals surface area (Å²) in [4.78, 5) is 7.11. The number of likely N-dealkylation sites (tertiary alicyclic amines) is 1. The predicted molar refractivity (Wildman–Crippen MR) is 73.7 cm³/mol. The first-order valence-electron chi connectivity index (χ1n) is 6.40. The molecule has 0 aromatic heterocycles. The summed E-state index contributed by atoms with van der Waals surface area (Å²) in [6, 6.07) is 9.01. The number of para-hydroxylation sites is 1. The normalized spacial score (nSPS) is 22.8. The number of aryl methyl sites for hydroxylation is 1. The quantitative estimate of drug-likeness (QED) is 0.691. The van der Waals surface area contributed by atoms with Crippen LogP contribution in [0.15, 0.2) is 29.3 Å². The van der Waals surface area contributed by atoms with Crippen LogP contribution in [0.4, 0.5) is 5.69 Å². The molecule has 1 aliphatic heterocycles. The fourth-order valence-electron chi connectivity index (χ4n) is 2.18. The van der Waals surface area contributed by atoms with E-state index >= 15 is 0 Å². The molecule has 1 fully saturated rings. The summed E-state index contributed by atoms with van der Waals surface area (Å²) >= 11 is 0. The van der Waals surface area contributed by atoms with Crippen molar-refractivity contribution in [3.8, 4) is 0 Å². The fraction of sp³-hybridized carbons (Fsp3) is 0.467. The molecule has 106 valence electrons. The Balaban J connectivity index is 0.00000162. The van der Waals surface area contributed by atoms with Crippen molar-refractivity contribution in [3.05, 3.63) is 36.4 Å². The van der Waals surface area contributed by atoms with Gasteiger partial charge in [0.25, 0.3) is 0 Å². The second-order valence-corrected chi connectivity index (χ2v) is 4.77. The Bertz CT molecular complexity index is 415. The summed E-state index contributed by atoms with van der Waals surface area (Å²) in [5.74, 6) is 0. The third-order valence-corrected chi connectivity index (χ3v) is 3.49. The van der Waals surface area contributed by atoms with Crippen LogP contribution >= 0.6 is 0 Å². The van der Waals surface area contributed by atoms with E-state index in [-0.39, 0.29) is 46.9 Å². The minimum Gasteiger partial charge on any atom is -0.456 e. The van der Waals surface area contributed by atoms with Crippen LogP contribution in [0.25, 0.3) is 0 Å². The molecule has 0 N–H and O–H groups in total. The number of nitrogens with zero attached hydrogens (tertiary/aromatic N) is 2. The van der Waals surface area contributed by atoms with E-state index in [0.29, 0.717) is 6.04 Å². The largest absolute Gasteiger partial charge is 0.456 e. The molecule has 18 heavy (non-hydrogen) atoms. The minimum atomic E-state index is 0. The zero-order chi connectivity index (χ0) is 12.3. The van der Waals surface area contributed by atoms with Gasteiger partial charge in [-0.15, -0.1) is 6.42 Å². The Morgan fingerprint density at radius 3 is 2.78 bits per heavy atom. The van der Waals surface area contributed by atoms with Crippen molar-refractivity contribution >= 4 is 11.4 Å². The summed E-state index contributed by atoms with van der Waals surface area (Å²) in [5, 5.41) is 0. The molecule has 0 spiro atoms. The average molecular weight is 402 g/mol. The molecule has 1 unspecified atom stereocenters. The Morgan fingerprint density at radius 2 is 2.11 bits per heavy atom. The number of aliphatic imine (C=N–C) groups is 1. The summed E-state index contributed by atoms with van der Waals surface area (Å²) in [6.45, 7) is 6.67. The third-order valence-electron chi connectivity index (χ3n) is 3.49. The smallest absolute Gasteiger partial charge is 0.0659 e. The monoisotopic (exact) mass is 403 g/mol. The van der Waals surface area contributed by atoms with Crippen LogP contribution in [-0.4, -0.2) is 23.7 Å². The Morgan fingerprint density at radius 1 is 1.39 bits per heavy atom. The first-order chi connectivity index (χ1) is 8.20. The molecule has 1 atom stereocenters. The van der Waals surface area contributed by atoms with E-state index in [0.717, 1.165) is 24.9 Å². The summed E-state index contributed by atoms with van der Waals surface area (Å²) in [5.41, 5.74) is 3.79. The molecule has 1 heterocycles. The maximum atomic E-state index is 4.83. The van der Waals surface area contributed by atoms with Crippen molar-refractivity contribution in [3.63, 3.8) is 0 Å². The number of benzene rings is 1. The summed E-state index contributed by atoms with van der Waals surface area (Å²) < 4.78 is 0. The Hall–Kier alpha value is 0.369. The van der Waals surface area contributed by atoms with Gasteiger partial charge in [-0.05, 0) is 43.3 Å². The van der Waals surface area contributed by atoms with Crippen LogP contribution in [0.3, 0.4) is 0 Å². The number of piperidine rings is 1. The van der Waals surface area contributed by atoms with Crippen molar-refractivity contribution in [1.29, 1.82) is 0 Å². The molecule has 0 aliphatic carbocycles. The van der Waals surface area contributed by atoms with E-state index < -0.39 is 0 Å². The van der Waals surface area contributed by atoms with Gasteiger partial charge in [0.1, 0.15) is 0 Å². The van der Waals surface area contributed by atoms with Crippen molar-refractivity contribution in [2.24, 2.45) is 4.99 Å². The van der Waals surface area contributed by atoms with Gasteiger partial charge >= 0.3 is 0 Å². The number of rotatable bonds is 2. The molecule has 1 aromatic carbocycles.